The molecule has 2 amide bonds. The van der Waals surface area contributed by atoms with E-state index in [1.165, 1.54) is 0 Å². The lowest BCUT2D eigenvalue weighted by Gasteiger charge is -2.38. The van der Waals surface area contributed by atoms with Crippen LogP contribution < -0.4 is 5.32 Å². The van der Waals surface area contributed by atoms with E-state index in [4.69, 9.17) is 0 Å². The Morgan fingerprint density at radius 2 is 1.65 bits per heavy atom. The number of nitrogens with one attached hydrogen (secondary N) is 1. The Balaban J connectivity index is 1.59. The lowest BCUT2D eigenvalue weighted by Crippen LogP contribution is -2.46. The number of anilines is 1. The second kappa shape index (κ2) is 7.81. The summed E-state index contributed by atoms with van der Waals surface area (Å²) in [5.74, 6) is 0.939. The van der Waals surface area contributed by atoms with Crippen LogP contribution in [0.2, 0.25) is 0 Å². The first-order valence-corrected chi connectivity index (χ1v) is 10.0. The lowest BCUT2D eigenvalue weighted by molar-refractivity contribution is -0.141. The maximum Gasteiger partial charge on any atom is 0.247 e. The Morgan fingerprint density at radius 1 is 1.00 bits per heavy atom. The minimum absolute atomic E-state index is 0.0505. The summed E-state index contributed by atoms with van der Waals surface area (Å²) < 4.78 is 0. The van der Waals surface area contributed by atoms with E-state index >= 15 is 0 Å². The van der Waals surface area contributed by atoms with Gasteiger partial charge in [0, 0.05) is 18.2 Å². The maximum absolute atomic E-state index is 13.1. The van der Waals surface area contributed by atoms with Crippen molar-refractivity contribution in [3.8, 4) is 0 Å². The summed E-state index contributed by atoms with van der Waals surface area (Å²) in [4.78, 5) is 27.6. The first-order chi connectivity index (χ1) is 12.4. The molecular weight excluding hydrogens is 324 g/mol. The number of hydrogen-bond donors (Lipinski definition) is 1. The van der Waals surface area contributed by atoms with E-state index in [0.717, 1.165) is 44.2 Å². The van der Waals surface area contributed by atoms with Crippen molar-refractivity contribution in [3.63, 3.8) is 0 Å². The highest BCUT2D eigenvalue weighted by atomic mass is 16.2. The van der Waals surface area contributed by atoms with Crippen molar-refractivity contribution in [2.45, 2.75) is 65.3 Å². The van der Waals surface area contributed by atoms with Gasteiger partial charge in [0.15, 0.2) is 0 Å². The van der Waals surface area contributed by atoms with Crippen LogP contribution in [-0.2, 0) is 9.59 Å². The minimum atomic E-state index is -0.317. The summed E-state index contributed by atoms with van der Waals surface area (Å²) in [5.41, 5.74) is 1.11. The van der Waals surface area contributed by atoms with E-state index in [0.29, 0.717) is 17.9 Å². The van der Waals surface area contributed by atoms with Crippen molar-refractivity contribution in [3.05, 3.63) is 30.3 Å². The fourth-order valence-electron chi connectivity index (χ4n) is 4.49. The first kappa shape index (κ1) is 18.9. The van der Waals surface area contributed by atoms with E-state index in [2.05, 4.69) is 26.1 Å². The molecule has 0 spiro atoms. The Bertz CT molecular complexity index is 627. The van der Waals surface area contributed by atoms with Crippen LogP contribution in [0.25, 0.3) is 0 Å². The SMILES string of the molecule is CC(C)(C)C1CCC(C(=O)N2CCC[C@H]2C(=O)Nc2ccccc2)CC1. The number of amides is 2. The number of para-hydroxylation sites is 1. The molecule has 0 unspecified atom stereocenters. The molecule has 142 valence electrons. The van der Waals surface area contributed by atoms with Gasteiger partial charge in [0.05, 0.1) is 0 Å². The van der Waals surface area contributed by atoms with E-state index in [9.17, 15) is 9.59 Å². The number of rotatable bonds is 3. The van der Waals surface area contributed by atoms with Crippen LogP contribution in [0.5, 0.6) is 0 Å². The van der Waals surface area contributed by atoms with Gasteiger partial charge in [0.2, 0.25) is 11.8 Å². The van der Waals surface area contributed by atoms with Crippen LogP contribution >= 0.6 is 0 Å². The van der Waals surface area contributed by atoms with Crippen molar-refractivity contribution in [1.82, 2.24) is 4.90 Å². The number of likely N-dealkylation sites (tertiary alicyclic amines) is 1. The topological polar surface area (TPSA) is 49.4 Å². The average molecular weight is 357 g/mol. The van der Waals surface area contributed by atoms with Gasteiger partial charge >= 0.3 is 0 Å². The molecule has 26 heavy (non-hydrogen) atoms. The number of hydrogen-bond acceptors (Lipinski definition) is 2. The quantitative estimate of drug-likeness (QED) is 0.869. The molecule has 3 rings (SSSR count). The van der Waals surface area contributed by atoms with Crippen molar-refractivity contribution in [1.29, 1.82) is 0 Å². The number of carbonyl (C=O) groups excluding carboxylic acids is 2. The lowest BCUT2D eigenvalue weighted by atomic mass is 9.69. The highest BCUT2D eigenvalue weighted by Gasteiger charge is 2.39. The fraction of sp³-hybridized carbons (Fsp3) is 0.636. The third-order valence-electron chi connectivity index (χ3n) is 6.18. The van der Waals surface area contributed by atoms with Crippen molar-refractivity contribution in [2.24, 2.45) is 17.3 Å². The molecule has 1 aliphatic heterocycles. The molecule has 1 saturated carbocycles. The fourth-order valence-corrected chi connectivity index (χ4v) is 4.49. The highest BCUT2D eigenvalue weighted by molar-refractivity contribution is 5.97. The summed E-state index contributed by atoms with van der Waals surface area (Å²) in [6.45, 7) is 7.60. The molecule has 4 heteroatoms. The zero-order chi connectivity index (χ0) is 18.7. The summed E-state index contributed by atoms with van der Waals surface area (Å²) >= 11 is 0. The van der Waals surface area contributed by atoms with Gasteiger partial charge in [0.1, 0.15) is 6.04 Å². The predicted octanol–water partition coefficient (Wildman–Crippen LogP) is 4.47. The molecule has 1 aromatic carbocycles. The van der Waals surface area contributed by atoms with E-state index in [1.54, 1.807) is 0 Å². The molecule has 0 radical (unpaired) electrons. The monoisotopic (exact) mass is 356 g/mol. The maximum atomic E-state index is 13.1. The molecule has 1 heterocycles. The first-order valence-electron chi connectivity index (χ1n) is 10.0. The summed E-state index contributed by atoms with van der Waals surface area (Å²) in [6.07, 6.45) is 5.84. The van der Waals surface area contributed by atoms with Crippen molar-refractivity contribution < 1.29 is 9.59 Å². The summed E-state index contributed by atoms with van der Waals surface area (Å²) in [7, 11) is 0. The Labute approximate surface area is 157 Å². The van der Waals surface area contributed by atoms with Gasteiger partial charge in [-0.05, 0) is 62.0 Å². The highest BCUT2D eigenvalue weighted by Crippen LogP contribution is 2.40. The molecule has 1 atom stereocenters. The van der Waals surface area contributed by atoms with Gasteiger partial charge < -0.3 is 10.2 Å². The van der Waals surface area contributed by atoms with Gasteiger partial charge in [-0.1, -0.05) is 39.0 Å². The van der Waals surface area contributed by atoms with Gasteiger partial charge in [-0.3, -0.25) is 9.59 Å². The smallest absolute Gasteiger partial charge is 0.247 e. The summed E-state index contributed by atoms with van der Waals surface area (Å²) in [5, 5.41) is 2.97. The third kappa shape index (κ3) is 4.28. The zero-order valence-corrected chi connectivity index (χ0v) is 16.3. The molecular formula is C22H32N2O2. The largest absolute Gasteiger partial charge is 0.330 e. The molecule has 0 bridgehead atoms. The summed E-state index contributed by atoms with van der Waals surface area (Å²) in [6, 6.07) is 9.18. The van der Waals surface area contributed by atoms with Crippen molar-refractivity contribution in [2.75, 3.05) is 11.9 Å². The number of carbonyl (C=O) groups is 2. The van der Waals surface area contributed by atoms with E-state index < -0.39 is 0 Å². The molecule has 1 saturated heterocycles. The van der Waals surface area contributed by atoms with Crippen LogP contribution in [0.3, 0.4) is 0 Å². The molecule has 1 aromatic rings. The van der Waals surface area contributed by atoms with Crippen LogP contribution in [-0.4, -0.2) is 29.3 Å². The molecule has 1 N–H and O–H groups in total. The Kier molecular flexibility index (Phi) is 5.69. The van der Waals surface area contributed by atoms with Gasteiger partial charge in [-0.2, -0.15) is 0 Å². The van der Waals surface area contributed by atoms with Crippen molar-refractivity contribution >= 4 is 17.5 Å². The van der Waals surface area contributed by atoms with E-state index in [-0.39, 0.29) is 23.8 Å². The van der Waals surface area contributed by atoms with Crippen LogP contribution in [0, 0.1) is 17.3 Å². The molecule has 4 nitrogen and oxygen atoms in total. The number of benzene rings is 1. The standard InChI is InChI=1S/C22H32N2O2/c1-22(2,3)17-13-11-16(12-14-17)21(26)24-15-7-10-19(24)20(25)23-18-8-5-4-6-9-18/h4-6,8-9,16-17,19H,7,10-15H2,1-3H3,(H,23,25)/t16?,17?,19-/m0/s1. The predicted molar refractivity (Wildman–Crippen MR) is 105 cm³/mol. The van der Waals surface area contributed by atoms with Gasteiger partial charge in [-0.15, -0.1) is 0 Å². The Morgan fingerprint density at radius 3 is 2.27 bits per heavy atom. The van der Waals surface area contributed by atoms with Crippen LogP contribution in [0.1, 0.15) is 59.3 Å². The Hall–Kier alpha value is -1.84. The van der Waals surface area contributed by atoms with Gasteiger partial charge in [-0.25, -0.2) is 0 Å². The second-order valence-electron chi connectivity index (χ2n) is 8.96. The number of nitrogens with zero attached hydrogens (tertiary/aromatic N) is 1. The van der Waals surface area contributed by atoms with Crippen LogP contribution in [0.15, 0.2) is 30.3 Å². The molecule has 2 aliphatic rings. The third-order valence-corrected chi connectivity index (χ3v) is 6.18. The van der Waals surface area contributed by atoms with E-state index in [1.807, 2.05) is 35.2 Å². The molecule has 0 aromatic heterocycles. The normalized spacial score (nSPS) is 26.6. The average Bonchev–Trinajstić information content (AvgIpc) is 3.11. The second-order valence-corrected chi connectivity index (χ2v) is 8.96. The van der Waals surface area contributed by atoms with Crippen LogP contribution in [0.4, 0.5) is 5.69 Å². The molecule has 1 aliphatic carbocycles. The zero-order valence-electron chi connectivity index (χ0n) is 16.3. The molecule has 2 fully saturated rings. The minimum Gasteiger partial charge on any atom is -0.330 e. The van der Waals surface area contributed by atoms with Gasteiger partial charge in [0.25, 0.3) is 0 Å².